The van der Waals surface area contributed by atoms with Crippen LogP contribution in [0.2, 0.25) is 0 Å². The molecule has 0 radical (unpaired) electrons. The molecule has 0 aliphatic carbocycles. The molecule has 110 valence electrons. The van der Waals surface area contributed by atoms with Gasteiger partial charge in [-0.1, -0.05) is 15.9 Å². The van der Waals surface area contributed by atoms with Crippen molar-refractivity contribution in [1.29, 1.82) is 0 Å². The van der Waals surface area contributed by atoms with E-state index in [2.05, 4.69) is 20.8 Å². The highest BCUT2D eigenvalue weighted by atomic mass is 79.9. The number of hydrogen-bond acceptors (Lipinski definition) is 3. The highest BCUT2D eigenvalue weighted by Gasteiger charge is 2.41. The van der Waals surface area contributed by atoms with Gasteiger partial charge < -0.3 is 14.9 Å². The van der Waals surface area contributed by atoms with Crippen LogP contribution in [-0.4, -0.2) is 41.6 Å². The Labute approximate surface area is 128 Å². The molecule has 1 atom stereocenters. The summed E-state index contributed by atoms with van der Waals surface area (Å²) in [6, 6.07) is 5.82. The predicted octanol–water partition coefficient (Wildman–Crippen LogP) is 2.56. The van der Waals surface area contributed by atoms with Gasteiger partial charge in [-0.3, -0.25) is 4.79 Å². The number of likely N-dealkylation sites (N-methyl/N-ethyl adjacent to an activating group) is 1. The lowest BCUT2D eigenvalue weighted by Gasteiger charge is -2.47. The van der Waals surface area contributed by atoms with Crippen LogP contribution in [0.15, 0.2) is 22.7 Å². The first kappa shape index (κ1) is 15.3. The Kier molecular flexibility index (Phi) is 4.12. The molecule has 2 rings (SSSR count). The molecule has 4 nitrogen and oxygen atoms in total. The lowest BCUT2D eigenvalue weighted by molar-refractivity contribution is -0.136. The molecule has 0 saturated carbocycles. The van der Waals surface area contributed by atoms with Gasteiger partial charge in [0.2, 0.25) is 5.91 Å². The number of carbonyl (C=O) groups is 1. The van der Waals surface area contributed by atoms with Crippen molar-refractivity contribution in [3.63, 3.8) is 0 Å². The van der Waals surface area contributed by atoms with Gasteiger partial charge in [0.05, 0.1) is 6.10 Å². The quantitative estimate of drug-likeness (QED) is 0.899. The van der Waals surface area contributed by atoms with E-state index in [1.807, 2.05) is 39.1 Å². The number of aliphatic hydroxyl groups is 1. The fraction of sp³-hybridized carbons (Fsp3) is 0.533. The number of amides is 1. The average Bonchev–Trinajstić information content (AvgIpc) is 2.37. The topological polar surface area (TPSA) is 43.8 Å². The SMILES string of the molecule is CC(O)c1cc(Br)ccc1N1CCN(C)C(=O)C1(C)C. The lowest BCUT2D eigenvalue weighted by Crippen LogP contribution is -2.62. The maximum absolute atomic E-state index is 12.4. The molecule has 1 aliphatic heterocycles. The molecule has 1 aromatic rings. The minimum Gasteiger partial charge on any atom is -0.389 e. The molecular formula is C15H21BrN2O2. The number of carbonyl (C=O) groups excluding carboxylic acids is 1. The van der Waals surface area contributed by atoms with Gasteiger partial charge in [0.1, 0.15) is 5.54 Å². The number of hydrogen-bond donors (Lipinski definition) is 1. The van der Waals surface area contributed by atoms with E-state index in [1.54, 1.807) is 11.8 Å². The molecule has 1 amide bonds. The van der Waals surface area contributed by atoms with Gasteiger partial charge in [-0.2, -0.15) is 0 Å². The highest BCUT2D eigenvalue weighted by Crippen LogP contribution is 2.35. The number of piperazine rings is 1. The summed E-state index contributed by atoms with van der Waals surface area (Å²) in [5, 5.41) is 10.0. The summed E-state index contributed by atoms with van der Waals surface area (Å²) in [6.45, 7) is 7.06. The Balaban J connectivity index is 2.48. The van der Waals surface area contributed by atoms with Crippen LogP contribution >= 0.6 is 15.9 Å². The molecule has 1 N–H and O–H groups in total. The summed E-state index contributed by atoms with van der Waals surface area (Å²) in [5.41, 5.74) is 1.16. The first-order chi connectivity index (χ1) is 9.25. The second kappa shape index (κ2) is 5.37. The summed E-state index contributed by atoms with van der Waals surface area (Å²) in [7, 11) is 1.83. The molecule has 0 bridgehead atoms. The van der Waals surface area contributed by atoms with Crippen LogP contribution in [0.5, 0.6) is 0 Å². The Hall–Kier alpha value is -1.07. The Morgan fingerprint density at radius 1 is 1.35 bits per heavy atom. The van der Waals surface area contributed by atoms with Crippen molar-refractivity contribution < 1.29 is 9.90 Å². The number of benzene rings is 1. The number of rotatable bonds is 2. The number of aliphatic hydroxyl groups excluding tert-OH is 1. The second-order valence-corrected chi connectivity index (χ2v) is 6.73. The van der Waals surface area contributed by atoms with Crippen LogP contribution in [0, 0.1) is 0 Å². The van der Waals surface area contributed by atoms with Gasteiger partial charge in [0.15, 0.2) is 0 Å². The van der Waals surface area contributed by atoms with Crippen LogP contribution in [0.3, 0.4) is 0 Å². The zero-order valence-electron chi connectivity index (χ0n) is 12.4. The summed E-state index contributed by atoms with van der Waals surface area (Å²) >= 11 is 3.43. The summed E-state index contributed by atoms with van der Waals surface area (Å²) in [4.78, 5) is 16.2. The van der Waals surface area contributed by atoms with E-state index in [0.717, 1.165) is 22.3 Å². The zero-order valence-corrected chi connectivity index (χ0v) is 13.9. The summed E-state index contributed by atoms with van der Waals surface area (Å²) in [6.07, 6.45) is -0.576. The maximum Gasteiger partial charge on any atom is 0.247 e. The summed E-state index contributed by atoms with van der Waals surface area (Å²) < 4.78 is 0.926. The molecule has 1 unspecified atom stereocenters. The zero-order chi connectivity index (χ0) is 15.1. The number of nitrogens with zero attached hydrogens (tertiary/aromatic N) is 2. The van der Waals surface area contributed by atoms with Crippen molar-refractivity contribution in [2.45, 2.75) is 32.4 Å². The van der Waals surface area contributed by atoms with Crippen LogP contribution in [0.1, 0.15) is 32.4 Å². The van der Waals surface area contributed by atoms with E-state index in [4.69, 9.17) is 0 Å². The average molecular weight is 341 g/mol. The van der Waals surface area contributed by atoms with Gasteiger partial charge in [-0.15, -0.1) is 0 Å². The number of halogens is 1. The van der Waals surface area contributed by atoms with Gasteiger partial charge in [-0.25, -0.2) is 0 Å². The molecular weight excluding hydrogens is 320 g/mol. The minimum absolute atomic E-state index is 0.100. The lowest BCUT2D eigenvalue weighted by atomic mass is 9.95. The third-order valence-corrected chi connectivity index (χ3v) is 4.43. The van der Waals surface area contributed by atoms with Gasteiger partial charge in [-0.05, 0) is 39.0 Å². The van der Waals surface area contributed by atoms with Crippen LogP contribution in [0.25, 0.3) is 0 Å². The van der Waals surface area contributed by atoms with Gasteiger partial charge in [0, 0.05) is 35.9 Å². The van der Waals surface area contributed by atoms with Gasteiger partial charge in [0.25, 0.3) is 0 Å². The molecule has 1 fully saturated rings. The Morgan fingerprint density at radius 2 is 2.00 bits per heavy atom. The van der Waals surface area contributed by atoms with E-state index >= 15 is 0 Å². The predicted molar refractivity (Wildman–Crippen MR) is 83.8 cm³/mol. The van der Waals surface area contributed by atoms with Crippen molar-refractivity contribution >= 4 is 27.5 Å². The van der Waals surface area contributed by atoms with Crippen molar-refractivity contribution in [1.82, 2.24) is 4.90 Å². The van der Waals surface area contributed by atoms with Gasteiger partial charge >= 0.3 is 0 Å². The fourth-order valence-electron chi connectivity index (χ4n) is 2.74. The normalized spacial score (nSPS) is 20.2. The monoisotopic (exact) mass is 340 g/mol. The van der Waals surface area contributed by atoms with E-state index < -0.39 is 11.6 Å². The molecule has 1 saturated heterocycles. The van der Waals surface area contributed by atoms with Crippen molar-refractivity contribution in [2.24, 2.45) is 0 Å². The molecule has 1 heterocycles. The molecule has 1 aromatic carbocycles. The Morgan fingerprint density at radius 3 is 2.60 bits per heavy atom. The third-order valence-electron chi connectivity index (χ3n) is 3.93. The van der Waals surface area contributed by atoms with E-state index in [9.17, 15) is 9.90 Å². The molecule has 1 aliphatic rings. The highest BCUT2D eigenvalue weighted by molar-refractivity contribution is 9.10. The first-order valence-corrected chi connectivity index (χ1v) is 7.55. The fourth-order valence-corrected chi connectivity index (χ4v) is 3.12. The Bertz CT molecular complexity index is 529. The van der Waals surface area contributed by atoms with Crippen molar-refractivity contribution in [3.05, 3.63) is 28.2 Å². The van der Waals surface area contributed by atoms with Crippen molar-refractivity contribution in [3.8, 4) is 0 Å². The van der Waals surface area contributed by atoms with E-state index in [-0.39, 0.29) is 5.91 Å². The molecule has 20 heavy (non-hydrogen) atoms. The minimum atomic E-state index is -0.607. The molecule has 5 heteroatoms. The van der Waals surface area contributed by atoms with E-state index in [1.165, 1.54) is 0 Å². The van der Waals surface area contributed by atoms with Crippen LogP contribution in [0.4, 0.5) is 5.69 Å². The van der Waals surface area contributed by atoms with Crippen LogP contribution < -0.4 is 4.90 Å². The standard InChI is InChI=1S/C15H21BrN2O2/c1-10(19)12-9-11(16)5-6-13(12)18-8-7-17(4)14(20)15(18,2)3/h5-6,9-10,19H,7-8H2,1-4H3. The first-order valence-electron chi connectivity index (χ1n) is 6.76. The summed E-state index contributed by atoms with van der Waals surface area (Å²) in [5.74, 6) is 0.100. The number of anilines is 1. The molecule has 0 spiro atoms. The largest absolute Gasteiger partial charge is 0.389 e. The van der Waals surface area contributed by atoms with Crippen molar-refractivity contribution in [2.75, 3.05) is 25.0 Å². The van der Waals surface area contributed by atoms with Crippen LogP contribution in [-0.2, 0) is 4.79 Å². The second-order valence-electron chi connectivity index (χ2n) is 5.82. The maximum atomic E-state index is 12.4. The molecule has 0 aromatic heterocycles. The third kappa shape index (κ3) is 2.56. The smallest absolute Gasteiger partial charge is 0.247 e. The van der Waals surface area contributed by atoms with E-state index in [0.29, 0.717) is 6.54 Å².